The quantitative estimate of drug-likeness (QED) is 0.767. The highest BCUT2D eigenvalue weighted by atomic mass is 35.5. The van der Waals surface area contributed by atoms with Crippen LogP contribution in [0.5, 0.6) is 5.75 Å². The topological polar surface area (TPSA) is 22.1 Å². The zero-order chi connectivity index (χ0) is 13.5. The van der Waals surface area contributed by atoms with Crippen LogP contribution in [0.3, 0.4) is 0 Å². The molecule has 2 nitrogen and oxygen atoms in total. The summed E-state index contributed by atoms with van der Waals surface area (Å²) in [6.07, 6.45) is 0. The summed E-state index contributed by atoms with van der Waals surface area (Å²) in [5.41, 5.74) is 0.826. The molecule has 1 aromatic carbocycles. The molecule has 0 unspecified atom stereocenters. The maximum absolute atomic E-state index is 13.9. The van der Waals surface area contributed by atoms with Gasteiger partial charge in [-0.2, -0.15) is 0 Å². The van der Waals surface area contributed by atoms with Crippen LogP contribution in [-0.4, -0.2) is 12.1 Å². The zero-order valence-corrected chi connectivity index (χ0v) is 11.6. The van der Waals surface area contributed by atoms with Crippen molar-refractivity contribution in [3.63, 3.8) is 0 Å². The first-order valence-electron chi connectivity index (χ1n) is 5.68. The van der Waals surface area contributed by atoms with Crippen LogP contribution in [-0.2, 0) is 5.41 Å². The number of fused-ring (bicyclic) bond motifs is 1. The van der Waals surface area contributed by atoms with Crippen molar-refractivity contribution in [2.75, 3.05) is 7.11 Å². The maximum atomic E-state index is 13.9. The molecule has 1 heterocycles. The molecule has 1 aromatic heterocycles. The van der Waals surface area contributed by atoms with Crippen molar-refractivity contribution in [3.8, 4) is 5.75 Å². The molecule has 0 aliphatic heterocycles. The first-order valence-corrected chi connectivity index (χ1v) is 6.05. The zero-order valence-electron chi connectivity index (χ0n) is 10.8. The van der Waals surface area contributed by atoms with Crippen molar-refractivity contribution in [2.24, 2.45) is 0 Å². The van der Waals surface area contributed by atoms with E-state index in [1.807, 2.05) is 20.8 Å². The van der Waals surface area contributed by atoms with E-state index < -0.39 is 5.82 Å². The van der Waals surface area contributed by atoms with Gasteiger partial charge in [0, 0.05) is 11.1 Å². The van der Waals surface area contributed by atoms with Crippen LogP contribution < -0.4 is 4.74 Å². The fourth-order valence-corrected chi connectivity index (χ4v) is 2.07. The lowest BCUT2D eigenvalue weighted by Crippen LogP contribution is -2.13. The fourth-order valence-electron chi connectivity index (χ4n) is 1.79. The van der Waals surface area contributed by atoms with Crippen LogP contribution in [0.4, 0.5) is 4.39 Å². The number of aromatic nitrogens is 1. The van der Waals surface area contributed by atoms with Gasteiger partial charge in [0.25, 0.3) is 0 Å². The molecule has 0 saturated carbocycles. The molecule has 96 valence electrons. The molecular weight excluding hydrogens is 253 g/mol. The smallest absolute Gasteiger partial charge is 0.149 e. The molecule has 0 aliphatic carbocycles. The molecule has 0 aliphatic rings. The van der Waals surface area contributed by atoms with E-state index in [2.05, 4.69) is 4.98 Å². The van der Waals surface area contributed by atoms with Gasteiger partial charge in [0.15, 0.2) is 0 Å². The highest BCUT2D eigenvalue weighted by molar-refractivity contribution is 6.36. The fraction of sp³-hybridized carbons (Fsp3) is 0.357. The van der Waals surface area contributed by atoms with Crippen molar-refractivity contribution < 1.29 is 9.13 Å². The van der Waals surface area contributed by atoms with E-state index in [1.165, 1.54) is 13.2 Å². The third kappa shape index (κ3) is 2.15. The summed E-state index contributed by atoms with van der Waals surface area (Å²) in [5, 5.41) is 0.980. The van der Waals surface area contributed by atoms with Gasteiger partial charge in [-0.15, -0.1) is 0 Å². The van der Waals surface area contributed by atoms with Crippen LogP contribution in [0.15, 0.2) is 18.2 Å². The van der Waals surface area contributed by atoms with Gasteiger partial charge in [-0.05, 0) is 18.2 Å². The Balaban J connectivity index is 2.85. The highest BCUT2D eigenvalue weighted by Crippen LogP contribution is 2.35. The molecular formula is C14H15ClFNO. The molecule has 0 fully saturated rings. The summed E-state index contributed by atoms with van der Waals surface area (Å²) in [7, 11) is 1.53. The van der Waals surface area contributed by atoms with Gasteiger partial charge in [-0.1, -0.05) is 32.4 Å². The monoisotopic (exact) mass is 267 g/mol. The molecule has 0 saturated heterocycles. The number of rotatable bonds is 1. The van der Waals surface area contributed by atoms with Gasteiger partial charge in [0.2, 0.25) is 0 Å². The van der Waals surface area contributed by atoms with Crippen molar-refractivity contribution >= 4 is 22.5 Å². The summed E-state index contributed by atoms with van der Waals surface area (Å²) in [6.45, 7) is 6.03. The summed E-state index contributed by atoms with van der Waals surface area (Å²) in [5.74, 6) is 0.142. The Hall–Kier alpha value is -1.35. The van der Waals surface area contributed by atoms with E-state index in [9.17, 15) is 4.39 Å². The van der Waals surface area contributed by atoms with E-state index in [1.54, 1.807) is 12.1 Å². The number of pyridine rings is 1. The molecule has 0 atom stereocenters. The number of hydrogen-bond acceptors (Lipinski definition) is 2. The van der Waals surface area contributed by atoms with Crippen LogP contribution in [0.2, 0.25) is 5.02 Å². The summed E-state index contributed by atoms with van der Waals surface area (Å²) in [4.78, 5) is 4.38. The second kappa shape index (κ2) is 4.39. The predicted molar refractivity (Wildman–Crippen MR) is 72.0 cm³/mol. The largest absolute Gasteiger partial charge is 0.496 e. The summed E-state index contributed by atoms with van der Waals surface area (Å²) >= 11 is 6.24. The lowest BCUT2D eigenvalue weighted by Gasteiger charge is -2.19. The average Bonchev–Trinajstić information content (AvgIpc) is 2.29. The molecule has 0 N–H and O–H groups in total. The third-order valence-corrected chi connectivity index (χ3v) is 3.11. The van der Waals surface area contributed by atoms with Gasteiger partial charge in [0.05, 0.1) is 17.5 Å². The van der Waals surface area contributed by atoms with E-state index in [0.29, 0.717) is 16.2 Å². The first-order chi connectivity index (χ1) is 8.34. The molecule has 0 spiro atoms. The van der Waals surface area contributed by atoms with Crippen LogP contribution in [0, 0.1) is 5.82 Å². The van der Waals surface area contributed by atoms with Crippen molar-refractivity contribution in [2.45, 2.75) is 26.2 Å². The van der Waals surface area contributed by atoms with E-state index in [4.69, 9.17) is 16.3 Å². The van der Waals surface area contributed by atoms with Gasteiger partial charge in [0.1, 0.15) is 17.1 Å². The molecule has 2 rings (SSSR count). The van der Waals surface area contributed by atoms with E-state index in [-0.39, 0.29) is 10.9 Å². The van der Waals surface area contributed by atoms with Gasteiger partial charge < -0.3 is 4.74 Å². The first kappa shape index (κ1) is 13.1. The normalized spacial score (nSPS) is 11.9. The standard InChI is InChI=1S/C14H15ClFNO/c1-14(2,3)11-7-8(15)12-10(18-4)6-5-9(16)13(12)17-11/h5-7H,1-4H3. The lowest BCUT2D eigenvalue weighted by atomic mass is 9.91. The molecule has 0 amide bonds. The second-order valence-corrected chi connectivity index (χ2v) is 5.62. The number of methoxy groups -OCH3 is 1. The summed E-state index contributed by atoms with van der Waals surface area (Å²) < 4.78 is 19.1. The van der Waals surface area contributed by atoms with Gasteiger partial charge >= 0.3 is 0 Å². The SMILES string of the molecule is COc1ccc(F)c2nc(C(C)(C)C)cc(Cl)c12. The third-order valence-electron chi connectivity index (χ3n) is 2.81. The maximum Gasteiger partial charge on any atom is 0.149 e. The second-order valence-electron chi connectivity index (χ2n) is 5.21. The molecule has 2 aromatic rings. The Bertz CT molecular complexity index is 605. The molecule has 4 heteroatoms. The molecule has 0 radical (unpaired) electrons. The molecule has 0 bridgehead atoms. The number of benzene rings is 1. The van der Waals surface area contributed by atoms with Crippen molar-refractivity contribution in [1.82, 2.24) is 4.98 Å². The minimum atomic E-state index is -0.390. The van der Waals surface area contributed by atoms with Crippen molar-refractivity contribution in [3.05, 3.63) is 34.7 Å². The Morgan fingerprint density at radius 2 is 1.94 bits per heavy atom. The van der Waals surface area contributed by atoms with Gasteiger partial charge in [-0.25, -0.2) is 9.37 Å². The summed E-state index contributed by atoms with van der Waals surface area (Å²) in [6, 6.07) is 4.67. The number of halogens is 2. The van der Waals surface area contributed by atoms with Crippen LogP contribution >= 0.6 is 11.6 Å². The molecule has 18 heavy (non-hydrogen) atoms. The Morgan fingerprint density at radius 1 is 1.28 bits per heavy atom. The Morgan fingerprint density at radius 3 is 2.50 bits per heavy atom. The highest BCUT2D eigenvalue weighted by Gasteiger charge is 2.20. The Labute approximate surface area is 111 Å². The van der Waals surface area contributed by atoms with E-state index >= 15 is 0 Å². The van der Waals surface area contributed by atoms with Crippen LogP contribution in [0.1, 0.15) is 26.5 Å². The van der Waals surface area contributed by atoms with Crippen molar-refractivity contribution in [1.29, 1.82) is 0 Å². The number of ether oxygens (including phenoxy) is 1. The predicted octanol–water partition coefficient (Wildman–Crippen LogP) is 4.33. The van der Waals surface area contributed by atoms with Crippen LogP contribution in [0.25, 0.3) is 10.9 Å². The number of hydrogen-bond donors (Lipinski definition) is 0. The van der Waals surface area contributed by atoms with Gasteiger partial charge in [-0.3, -0.25) is 0 Å². The minimum Gasteiger partial charge on any atom is -0.496 e. The minimum absolute atomic E-state index is 0.187. The Kier molecular flexibility index (Phi) is 3.20. The van der Waals surface area contributed by atoms with E-state index in [0.717, 1.165) is 5.69 Å². The number of nitrogens with zero attached hydrogens (tertiary/aromatic N) is 1. The lowest BCUT2D eigenvalue weighted by molar-refractivity contribution is 0.419. The average molecular weight is 268 g/mol.